The summed E-state index contributed by atoms with van der Waals surface area (Å²) in [4.78, 5) is 38.6. The number of anilines is 1. The van der Waals surface area contributed by atoms with Crippen molar-refractivity contribution >= 4 is 29.6 Å². The van der Waals surface area contributed by atoms with Crippen molar-refractivity contribution in [3.05, 3.63) is 101 Å². The van der Waals surface area contributed by atoms with Gasteiger partial charge in [0.25, 0.3) is 11.8 Å². The first-order chi connectivity index (χ1) is 16.0. The van der Waals surface area contributed by atoms with Crippen molar-refractivity contribution in [2.75, 3.05) is 4.90 Å². The first kappa shape index (κ1) is 21.5. The maximum absolute atomic E-state index is 13.0. The average Bonchev–Trinajstić information content (AvgIpc) is 2.81. The van der Waals surface area contributed by atoms with Gasteiger partial charge in [-0.25, -0.2) is 9.69 Å². The molecule has 1 heterocycles. The van der Waals surface area contributed by atoms with Crippen molar-refractivity contribution in [1.82, 2.24) is 5.32 Å². The van der Waals surface area contributed by atoms with Crippen LogP contribution in [0.15, 0.2) is 78.4 Å². The van der Waals surface area contributed by atoms with Gasteiger partial charge in [-0.2, -0.15) is 5.26 Å². The number of benzene rings is 3. The third-order valence-corrected chi connectivity index (χ3v) is 5.08. The molecule has 7 nitrogen and oxygen atoms in total. The normalized spacial score (nSPS) is 14.7. The van der Waals surface area contributed by atoms with Crippen molar-refractivity contribution in [2.24, 2.45) is 0 Å². The molecule has 1 aliphatic rings. The number of hydrogen-bond donors (Lipinski definition) is 1. The number of nitriles is 1. The van der Waals surface area contributed by atoms with Gasteiger partial charge in [0.05, 0.1) is 17.3 Å². The molecular formula is C26H19N3O4. The summed E-state index contributed by atoms with van der Waals surface area (Å²) in [5, 5.41) is 11.4. The minimum atomic E-state index is -0.783. The first-order valence-electron chi connectivity index (χ1n) is 10.2. The molecule has 0 atom stereocenters. The van der Waals surface area contributed by atoms with E-state index < -0.39 is 17.8 Å². The Morgan fingerprint density at radius 2 is 1.76 bits per heavy atom. The van der Waals surface area contributed by atoms with E-state index in [2.05, 4.69) is 11.4 Å². The molecule has 0 radical (unpaired) electrons. The monoisotopic (exact) mass is 437 g/mol. The van der Waals surface area contributed by atoms with Crippen LogP contribution in [0.25, 0.3) is 6.08 Å². The SMILES string of the molecule is Cc1cccc(N2C(=O)NC(=O)/C(=C\c3ccc(OCc4ccccc4C#N)cc3)C2=O)c1. The number of barbiturate groups is 1. The Bertz CT molecular complexity index is 1320. The highest BCUT2D eigenvalue weighted by atomic mass is 16.5. The zero-order chi connectivity index (χ0) is 23.4. The third kappa shape index (κ3) is 4.65. The van der Waals surface area contributed by atoms with Gasteiger partial charge in [-0.05, 0) is 54.5 Å². The second-order valence-electron chi connectivity index (χ2n) is 7.42. The minimum Gasteiger partial charge on any atom is -0.489 e. The van der Waals surface area contributed by atoms with Crippen LogP contribution in [0.4, 0.5) is 10.5 Å². The van der Waals surface area contributed by atoms with Crippen LogP contribution in [0.2, 0.25) is 0 Å². The standard InChI is InChI=1S/C26H19N3O4/c1-17-5-4-8-21(13-17)29-25(31)23(24(30)28-26(29)32)14-18-9-11-22(12-10-18)33-16-20-7-3-2-6-19(20)15-27/h2-14H,16H2,1H3,(H,28,30,32)/b23-14+. The van der Waals surface area contributed by atoms with Gasteiger partial charge in [0.1, 0.15) is 17.9 Å². The minimum absolute atomic E-state index is 0.146. The highest BCUT2D eigenvalue weighted by Gasteiger charge is 2.36. The lowest BCUT2D eigenvalue weighted by Crippen LogP contribution is -2.54. The van der Waals surface area contributed by atoms with Gasteiger partial charge in [0, 0.05) is 5.56 Å². The Balaban J connectivity index is 1.53. The molecule has 3 aromatic rings. The summed E-state index contributed by atoms with van der Waals surface area (Å²) in [6, 6.07) is 22.3. The van der Waals surface area contributed by atoms with Crippen LogP contribution < -0.4 is 15.0 Å². The molecule has 0 bridgehead atoms. The van der Waals surface area contributed by atoms with E-state index in [0.29, 0.717) is 22.6 Å². The average molecular weight is 437 g/mol. The number of amides is 4. The summed E-state index contributed by atoms with van der Waals surface area (Å²) in [5.41, 5.74) is 3.04. The predicted octanol–water partition coefficient (Wildman–Crippen LogP) is 4.11. The number of rotatable bonds is 5. The molecular weight excluding hydrogens is 418 g/mol. The van der Waals surface area contributed by atoms with Crippen molar-refractivity contribution in [2.45, 2.75) is 13.5 Å². The fourth-order valence-electron chi connectivity index (χ4n) is 3.40. The van der Waals surface area contributed by atoms with Gasteiger partial charge in [-0.15, -0.1) is 0 Å². The van der Waals surface area contributed by atoms with E-state index in [1.54, 1.807) is 54.6 Å². The number of nitrogens with one attached hydrogen (secondary N) is 1. The molecule has 0 spiro atoms. The number of carbonyl (C=O) groups is 3. The Labute approximate surface area is 190 Å². The summed E-state index contributed by atoms with van der Waals surface area (Å²) in [5.74, 6) is -0.869. The first-order valence-corrected chi connectivity index (χ1v) is 10.2. The fourth-order valence-corrected chi connectivity index (χ4v) is 3.40. The molecule has 0 aromatic heterocycles. The lowest BCUT2D eigenvalue weighted by atomic mass is 10.1. The molecule has 7 heteroatoms. The van der Waals surface area contributed by atoms with E-state index >= 15 is 0 Å². The van der Waals surface area contributed by atoms with Gasteiger partial charge in [0.15, 0.2) is 0 Å². The topological polar surface area (TPSA) is 99.5 Å². The molecule has 0 unspecified atom stereocenters. The molecule has 1 fully saturated rings. The Hall–Kier alpha value is -4.70. The number of carbonyl (C=O) groups excluding carboxylic acids is 3. The molecule has 162 valence electrons. The maximum Gasteiger partial charge on any atom is 0.335 e. The molecule has 4 rings (SSSR count). The largest absolute Gasteiger partial charge is 0.489 e. The van der Waals surface area contributed by atoms with Crippen LogP contribution >= 0.6 is 0 Å². The Morgan fingerprint density at radius 3 is 2.48 bits per heavy atom. The summed E-state index contributed by atoms with van der Waals surface area (Å²) >= 11 is 0. The smallest absolute Gasteiger partial charge is 0.335 e. The van der Waals surface area contributed by atoms with Gasteiger partial charge >= 0.3 is 6.03 Å². The number of imide groups is 2. The van der Waals surface area contributed by atoms with Gasteiger partial charge < -0.3 is 4.74 Å². The van der Waals surface area contributed by atoms with E-state index in [0.717, 1.165) is 16.0 Å². The second kappa shape index (κ2) is 9.20. The van der Waals surface area contributed by atoms with Crippen molar-refractivity contribution in [3.63, 3.8) is 0 Å². The summed E-state index contributed by atoms with van der Waals surface area (Å²) < 4.78 is 5.75. The zero-order valence-electron chi connectivity index (χ0n) is 17.7. The molecule has 0 saturated carbocycles. The van der Waals surface area contributed by atoms with Crippen LogP contribution in [-0.4, -0.2) is 17.8 Å². The van der Waals surface area contributed by atoms with E-state index in [4.69, 9.17) is 4.74 Å². The van der Waals surface area contributed by atoms with E-state index in [9.17, 15) is 19.6 Å². The van der Waals surface area contributed by atoms with Crippen LogP contribution in [-0.2, 0) is 16.2 Å². The Kier molecular flexibility index (Phi) is 6.00. The highest BCUT2D eigenvalue weighted by molar-refractivity contribution is 6.39. The van der Waals surface area contributed by atoms with E-state index in [-0.39, 0.29) is 12.2 Å². The molecule has 4 amide bonds. The number of hydrogen-bond acceptors (Lipinski definition) is 5. The molecule has 33 heavy (non-hydrogen) atoms. The predicted molar refractivity (Wildman–Crippen MR) is 122 cm³/mol. The number of aryl methyl sites for hydroxylation is 1. The van der Waals surface area contributed by atoms with Crippen molar-refractivity contribution in [1.29, 1.82) is 5.26 Å². The number of nitrogens with zero attached hydrogens (tertiary/aromatic N) is 2. The lowest BCUT2D eigenvalue weighted by molar-refractivity contribution is -0.122. The van der Waals surface area contributed by atoms with Crippen LogP contribution in [0, 0.1) is 18.3 Å². The fraction of sp³-hybridized carbons (Fsp3) is 0.0769. The highest BCUT2D eigenvalue weighted by Crippen LogP contribution is 2.23. The van der Waals surface area contributed by atoms with Gasteiger partial charge in [0.2, 0.25) is 0 Å². The summed E-state index contributed by atoms with van der Waals surface area (Å²) in [6.07, 6.45) is 1.43. The van der Waals surface area contributed by atoms with Crippen LogP contribution in [0.3, 0.4) is 0 Å². The van der Waals surface area contributed by atoms with Gasteiger partial charge in [-0.1, -0.05) is 42.5 Å². The van der Waals surface area contributed by atoms with Crippen LogP contribution in [0.5, 0.6) is 5.75 Å². The van der Waals surface area contributed by atoms with Crippen molar-refractivity contribution in [3.8, 4) is 11.8 Å². The molecule has 0 aliphatic carbocycles. The number of urea groups is 1. The van der Waals surface area contributed by atoms with Crippen LogP contribution in [0.1, 0.15) is 22.3 Å². The maximum atomic E-state index is 13.0. The molecule has 3 aromatic carbocycles. The lowest BCUT2D eigenvalue weighted by Gasteiger charge is -2.26. The quantitative estimate of drug-likeness (QED) is 0.478. The van der Waals surface area contributed by atoms with E-state index in [1.165, 1.54) is 6.08 Å². The van der Waals surface area contributed by atoms with Crippen molar-refractivity contribution < 1.29 is 19.1 Å². The van der Waals surface area contributed by atoms with Gasteiger partial charge in [-0.3, -0.25) is 14.9 Å². The van der Waals surface area contributed by atoms with E-state index in [1.807, 2.05) is 25.1 Å². The molecule has 1 aliphatic heterocycles. The number of ether oxygens (including phenoxy) is 1. The summed E-state index contributed by atoms with van der Waals surface area (Å²) in [7, 11) is 0. The molecule has 1 N–H and O–H groups in total. The summed E-state index contributed by atoms with van der Waals surface area (Å²) in [6.45, 7) is 2.08. The zero-order valence-corrected chi connectivity index (χ0v) is 17.7. The Morgan fingerprint density at radius 1 is 1.00 bits per heavy atom. The second-order valence-corrected chi connectivity index (χ2v) is 7.42. The third-order valence-electron chi connectivity index (χ3n) is 5.08. The molecule has 1 saturated heterocycles.